The molecule has 5 nitrogen and oxygen atoms in total. The van der Waals surface area contributed by atoms with E-state index in [1.807, 2.05) is 25.2 Å². The molecule has 1 aromatic rings. The maximum atomic E-state index is 11.0. The molecule has 1 aromatic carbocycles. The quantitative estimate of drug-likeness (QED) is 0.729. The topological polar surface area (TPSA) is 64.6 Å². The lowest BCUT2D eigenvalue weighted by Gasteiger charge is -2.12. The predicted octanol–water partition coefficient (Wildman–Crippen LogP) is 1.23. The van der Waals surface area contributed by atoms with Crippen molar-refractivity contribution in [2.75, 3.05) is 32.8 Å². The fourth-order valence-corrected chi connectivity index (χ4v) is 2.29. The van der Waals surface area contributed by atoms with E-state index in [0.717, 1.165) is 12.1 Å². The largest absolute Gasteiger partial charge is 0.493 e. The lowest BCUT2D eigenvalue weighted by Crippen LogP contribution is -2.09. The van der Waals surface area contributed by atoms with Crippen molar-refractivity contribution in [3.05, 3.63) is 23.8 Å². The Morgan fingerprint density at radius 1 is 1.26 bits per heavy atom. The molecule has 0 bridgehead atoms. The summed E-state index contributed by atoms with van der Waals surface area (Å²) in [5, 5.41) is 3.06. The van der Waals surface area contributed by atoms with E-state index >= 15 is 0 Å². The Labute approximate surface area is 114 Å². The van der Waals surface area contributed by atoms with Gasteiger partial charge in [0.1, 0.15) is 9.84 Å². The summed E-state index contributed by atoms with van der Waals surface area (Å²) in [5.41, 5.74) is 1.10. The second kappa shape index (κ2) is 7.35. The van der Waals surface area contributed by atoms with Gasteiger partial charge in [0.2, 0.25) is 0 Å². The van der Waals surface area contributed by atoms with Crippen LogP contribution in [0.15, 0.2) is 18.2 Å². The summed E-state index contributed by atoms with van der Waals surface area (Å²) in [4.78, 5) is 0. The third-order valence-electron chi connectivity index (χ3n) is 2.53. The Bertz CT molecular complexity index is 499. The van der Waals surface area contributed by atoms with Crippen LogP contribution in [0.25, 0.3) is 0 Å². The minimum absolute atomic E-state index is 0.132. The van der Waals surface area contributed by atoms with Crippen LogP contribution in [0.2, 0.25) is 0 Å². The molecule has 0 aliphatic rings. The van der Waals surface area contributed by atoms with E-state index in [4.69, 9.17) is 9.47 Å². The van der Waals surface area contributed by atoms with Gasteiger partial charge in [0.05, 0.1) is 19.5 Å². The van der Waals surface area contributed by atoms with E-state index in [1.54, 1.807) is 7.11 Å². The van der Waals surface area contributed by atoms with Crippen LogP contribution in [0.1, 0.15) is 12.0 Å². The molecule has 0 saturated carbocycles. The molecule has 0 aromatic heterocycles. The summed E-state index contributed by atoms with van der Waals surface area (Å²) in [6, 6.07) is 5.69. The highest BCUT2D eigenvalue weighted by Crippen LogP contribution is 2.28. The first-order valence-electron chi connectivity index (χ1n) is 6.08. The van der Waals surface area contributed by atoms with Crippen molar-refractivity contribution in [3.63, 3.8) is 0 Å². The van der Waals surface area contributed by atoms with Gasteiger partial charge in [-0.2, -0.15) is 0 Å². The lowest BCUT2D eigenvalue weighted by molar-refractivity contribution is 0.294. The average molecular weight is 287 g/mol. The summed E-state index contributed by atoms with van der Waals surface area (Å²) in [7, 11) is 0.534. The summed E-state index contributed by atoms with van der Waals surface area (Å²) in [6.45, 7) is 1.11. The number of nitrogens with one attached hydrogen (secondary N) is 1. The van der Waals surface area contributed by atoms with Crippen molar-refractivity contribution in [2.24, 2.45) is 0 Å². The van der Waals surface area contributed by atoms with Crippen molar-refractivity contribution in [1.82, 2.24) is 5.32 Å². The molecule has 0 amide bonds. The zero-order chi connectivity index (χ0) is 14.3. The van der Waals surface area contributed by atoms with Crippen molar-refractivity contribution >= 4 is 9.84 Å². The molecule has 0 fully saturated rings. The van der Waals surface area contributed by atoms with E-state index in [0.29, 0.717) is 24.5 Å². The van der Waals surface area contributed by atoms with Crippen molar-refractivity contribution in [2.45, 2.75) is 13.0 Å². The molecule has 6 heteroatoms. The Balaban J connectivity index is 2.58. The summed E-state index contributed by atoms with van der Waals surface area (Å²) >= 11 is 0. The Hall–Kier alpha value is -1.27. The maximum absolute atomic E-state index is 11.0. The van der Waals surface area contributed by atoms with Gasteiger partial charge >= 0.3 is 0 Å². The van der Waals surface area contributed by atoms with Crippen LogP contribution in [-0.4, -0.2) is 41.2 Å². The number of sulfone groups is 1. The summed E-state index contributed by atoms with van der Waals surface area (Å²) < 4.78 is 32.8. The monoisotopic (exact) mass is 287 g/mol. The van der Waals surface area contributed by atoms with Gasteiger partial charge in [-0.25, -0.2) is 8.42 Å². The Morgan fingerprint density at radius 2 is 2.00 bits per heavy atom. The van der Waals surface area contributed by atoms with E-state index in [1.165, 1.54) is 6.26 Å². The zero-order valence-corrected chi connectivity index (χ0v) is 12.4. The van der Waals surface area contributed by atoms with Crippen LogP contribution < -0.4 is 14.8 Å². The third kappa shape index (κ3) is 5.94. The highest BCUT2D eigenvalue weighted by molar-refractivity contribution is 7.90. The predicted molar refractivity (Wildman–Crippen MR) is 75.6 cm³/mol. The molecule has 0 spiro atoms. The molecular weight excluding hydrogens is 266 g/mol. The van der Waals surface area contributed by atoms with Gasteiger partial charge in [-0.15, -0.1) is 0 Å². The molecule has 0 saturated heterocycles. The summed E-state index contributed by atoms with van der Waals surface area (Å²) in [5.74, 6) is 1.43. The molecule has 1 rings (SSSR count). The van der Waals surface area contributed by atoms with Crippen molar-refractivity contribution < 1.29 is 17.9 Å². The van der Waals surface area contributed by atoms with Crippen LogP contribution in [0, 0.1) is 0 Å². The first-order valence-corrected chi connectivity index (χ1v) is 8.14. The smallest absolute Gasteiger partial charge is 0.161 e. The second-order valence-electron chi connectivity index (χ2n) is 4.35. The van der Waals surface area contributed by atoms with Crippen LogP contribution in [-0.2, 0) is 16.4 Å². The average Bonchev–Trinajstić information content (AvgIpc) is 2.35. The molecule has 0 unspecified atom stereocenters. The van der Waals surface area contributed by atoms with Gasteiger partial charge in [-0.05, 0) is 31.2 Å². The molecule has 108 valence electrons. The Morgan fingerprint density at radius 3 is 2.58 bits per heavy atom. The molecule has 1 N–H and O–H groups in total. The second-order valence-corrected chi connectivity index (χ2v) is 6.61. The minimum Gasteiger partial charge on any atom is -0.493 e. The number of hydrogen-bond acceptors (Lipinski definition) is 5. The number of hydrogen-bond donors (Lipinski definition) is 1. The summed E-state index contributed by atoms with van der Waals surface area (Å²) in [6.07, 6.45) is 1.69. The van der Waals surface area contributed by atoms with E-state index < -0.39 is 9.84 Å². The van der Waals surface area contributed by atoms with Crippen LogP contribution in [0.4, 0.5) is 0 Å². The number of methoxy groups -OCH3 is 1. The zero-order valence-electron chi connectivity index (χ0n) is 11.6. The van der Waals surface area contributed by atoms with Gasteiger partial charge < -0.3 is 14.8 Å². The highest BCUT2D eigenvalue weighted by atomic mass is 32.2. The number of ether oxygens (including phenoxy) is 2. The fraction of sp³-hybridized carbons (Fsp3) is 0.538. The van der Waals surface area contributed by atoms with Crippen molar-refractivity contribution in [3.8, 4) is 11.5 Å². The van der Waals surface area contributed by atoms with Gasteiger partial charge in [-0.3, -0.25) is 0 Å². The standard InChI is InChI=1S/C13H21NO4S/c1-14-10-11-5-6-12(13(9-11)17-2)18-7-4-8-19(3,15)16/h5-6,9,14H,4,7-8,10H2,1-3H3. The van der Waals surface area contributed by atoms with E-state index in [9.17, 15) is 8.42 Å². The minimum atomic E-state index is -2.93. The first kappa shape index (κ1) is 15.8. The molecule has 0 heterocycles. The lowest BCUT2D eigenvalue weighted by atomic mass is 10.2. The fourth-order valence-electron chi connectivity index (χ4n) is 1.65. The number of rotatable bonds is 8. The van der Waals surface area contributed by atoms with Crippen molar-refractivity contribution in [1.29, 1.82) is 0 Å². The highest BCUT2D eigenvalue weighted by Gasteiger charge is 2.07. The molecule has 0 radical (unpaired) electrons. The molecule has 0 atom stereocenters. The normalized spacial score (nSPS) is 11.3. The van der Waals surface area contributed by atoms with Gasteiger partial charge in [0.25, 0.3) is 0 Å². The van der Waals surface area contributed by atoms with Crippen LogP contribution in [0.3, 0.4) is 0 Å². The molecule has 19 heavy (non-hydrogen) atoms. The van der Waals surface area contributed by atoms with Crippen LogP contribution in [0.5, 0.6) is 11.5 Å². The van der Waals surface area contributed by atoms with Gasteiger partial charge in [0.15, 0.2) is 11.5 Å². The molecule has 0 aliphatic carbocycles. The van der Waals surface area contributed by atoms with Crippen LogP contribution >= 0.6 is 0 Å². The molecule has 0 aliphatic heterocycles. The maximum Gasteiger partial charge on any atom is 0.161 e. The van der Waals surface area contributed by atoms with E-state index in [-0.39, 0.29) is 5.75 Å². The third-order valence-corrected chi connectivity index (χ3v) is 3.56. The molecular formula is C13H21NO4S. The Kier molecular flexibility index (Phi) is 6.11. The van der Waals surface area contributed by atoms with E-state index in [2.05, 4.69) is 5.32 Å². The van der Waals surface area contributed by atoms with Gasteiger partial charge in [0, 0.05) is 12.8 Å². The van der Waals surface area contributed by atoms with Gasteiger partial charge in [-0.1, -0.05) is 6.07 Å². The number of benzene rings is 1. The first-order chi connectivity index (χ1) is 8.96. The SMILES string of the molecule is CNCc1ccc(OCCCS(C)(=O)=O)c(OC)c1.